The predicted molar refractivity (Wildman–Crippen MR) is 47.9 cm³/mol. The number of nitrogens with one attached hydrogen (secondary N) is 1. The van der Waals surface area contributed by atoms with Gasteiger partial charge in [0.1, 0.15) is 6.04 Å². The third-order valence-electron chi connectivity index (χ3n) is 2.01. The number of hydrogen-bond acceptors (Lipinski definition) is 5. The highest BCUT2D eigenvalue weighted by molar-refractivity contribution is 6.01. The van der Waals surface area contributed by atoms with Crippen LogP contribution in [0, 0.1) is 0 Å². The summed E-state index contributed by atoms with van der Waals surface area (Å²) in [5.74, 6) is -3.88. The molecule has 3 N–H and O–H groups in total. The molecule has 8 nitrogen and oxygen atoms in total. The van der Waals surface area contributed by atoms with Crippen LogP contribution in [-0.2, 0) is 19.2 Å². The molecule has 0 aromatic rings. The van der Waals surface area contributed by atoms with Crippen LogP contribution in [0.15, 0.2) is 0 Å². The lowest BCUT2D eigenvalue weighted by molar-refractivity contribution is -0.152. The predicted octanol–water partition coefficient (Wildman–Crippen LogP) is -1.43. The Morgan fingerprint density at radius 2 is 1.75 bits per heavy atom. The minimum atomic E-state index is -1.50. The van der Waals surface area contributed by atoms with Gasteiger partial charge in [0, 0.05) is 12.8 Å². The third kappa shape index (κ3) is 2.76. The van der Waals surface area contributed by atoms with E-state index in [0.29, 0.717) is 5.01 Å². The zero-order valence-corrected chi connectivity index (χ0v) is 8.17. The summed E-state index contributed by atoms with van der Waals surface area (Å²) >= 11 is 0. The van der Waals surface area contributed by atoms with Crippen LogP contribution in [0.1, 0.15) is 19.3 Å². The molecule has 88 valence electrons. The average Bonchev–Trinajstić information content (AvgIpc) is 2.47. The van der Waals surface area contributed by atoms with Crippen molar-refractivity contribution in [3.8, 4) is 0 Å². The molecule has 0 unspecified atom stereocenters. The molecule has 0 saturated carbocycles. The first kappa shape index (κ1) is 12.1. The Labute approximate surface area is 89.8 Å². The van der Waals surface area contributed by atoms with Gasteiger partial charge in [-0.2, -0.15) is 0 Å². The van der Waals surface area contributed by atoms with E-state index in [0.717, 1.165) is 0 Å². The van der Waals surface area contributed by atoms with Crippen molar-refractivity contribution in [1.82, 2.24) is 10.4 Å². The highest BCUT2D eigenvalue weighted by Gasteiger charge is 2.33. The van der Waals surface area contributed by atoms with Crippen molar-refractivity contribution < 1.29 is 29.4 Å². The normalized spacial score (nSPS) is 17.6. The molecular formula is C8H10N2O6. The van der Waals surface area contributed by atoms with Gasteiger partial charge >= 0.3 is 11.9 Å². The number of aliphatic carboxylic acids is 2. The molecule has 1 aliphatic heterocycles. The maximum atomic E-state index is 11.1. The number of carbonyl (C=O) groups is 4. The van der Waals surface area contributed by atoms with Gasteiger partial charge in [0.2, 0.25) is 11.8 Å². The molecule has 0 radical (unpaired) electrons. The first-order valence-electron chi connectivity index (χ1n) is 4.48. The van der Waals surface area contributed by atoms with Crippen molar-refractivity contribution in [2.45, 2.75) is 25.3 Å². The molecule has 0 aromatic heterocycles. The Balaban J connectivity index is 2.67. The molecule has 1 rings (SSSR count). The molecule has 2 amide bonds. The van der Waals surface area contributed by atoms with Crippen LogP contribution in [0.5, 0.6) is 0 Å². The standard InChI is InChI=1S/C8H10N2O6/c11-5-1-2-6(12)10(5)9-4(8(15)16)3-7(13)14/h4,9H,1-3H2,(H,13,14)(H,15,16)/t4-/m0/s1. The second-order valence-corrected chi connectivity index (χ2v) is 3.24. The average molecular weight is 230 g/mol. The lowest BCUT2D eigenvalue weighted by Crippen LogP contribution is -2.51. The summed E-state index contributed by atoms with van der Waals surface area (Å²) in [6, 6.07) is -1.50. The van der Waals surface area contributed by atoms with E-state index in [2.05, 4.69) is 5.43 Å². The van der Waals surface area contributed by atoms with E-state index in [-0.39, 0.29) is 12.8 Å². The van der Waals surface area contributed by atoms with E-state index in [1.807, 2.05) is 0 Å². The van der Waals surface area contributed by atoms with Crippen molar-refractivity contribution in [3.05, 3.63) is 0 Å². The number of carboxylic acid groups (broad SMARTS) is 2. The molecule has 0 bridgehead atoms. The highest BCUT2D eigenvalue weighted by Crippen LogP contribution is 2.10. The number of amides is 2. The van der Waals surface area contributed by atoms with Crippen LogP contribution in [0.4, 0.5) is 0 Å². The number of carboxylic acids is 2. The number of nitrogens with zero attached hydrogens (tertiary/aromatic N) is 1. The number of imide groups is 1. The number of carbonyl (C=O) groups excluding carboxylic acids is 2. The molecule has 0 aromatic carbocycles. The topological polar surface area (TPSA) is 124 Å². The van der Waals surface area contributed by atoms with E-state index in [9.17, 15) is 19.2 Å². The van der Waals surface area contributed by atoms with Gasteiger partial charge in [0.15, 0.2) is 0 Å². The van der Waals surface area contributed by atoms with Crippen molar-refractivity contribution in [2.24, 2.45) is 0 Å². The Morgan fingerprint density at radius 3 is 2.12 bits per heavy atom. The number of hydrogen-bond donors (Lipinski definition) is 3. The Kier molecular flexibility index (Phi) is 3.56. The Bertz CT molecular complexity index is 336. The van der Waals surface area contributed by atoms with Gasteiger partial charge < -0.3 is 10.2 Å². The third-order valence-corrected chi connectivity index (χ3v) is 2.01. The fourth-order valence-corrected chi connectivity index (χ4v) is 1.24. The van der Waals surface area contributed by atoms with Crippen LogP contribution < -0.4 is 5.43 Å². The second kappa shape index (κ2) is 4.71. The molecule has 16 heavy (non-hydrogen) atoms. The van der Waals surface area contributed by atoms with Gasteiger partial charge in [-0.1, -0.05) is 0 Å². The molecule has 8 heteroatoms. The first-order valence-corrected chi connectivity index (χ1v) is 4.48. The molecule has 1 fully saturated rings. The zero-order valence-electron chi connectivity index (χ0n) is 8.17. The summed E-state index contributed by atoms with van der Waals surface area (Å²) in [6.07, 6.45) is -0.705. The van der Waals surface area contributed by atoms with Gasteiger partial charge in [-0.3, -0.25) is 19.2 Å². The number of hydrazine groups is 1. The molecule has 0 spiro atoms. The minimum absolute atomic E-state index is 0.00520. The quantitative estimate of drug-likeness (QED) is 0.494. The smallest absolute Gasteiger partial charge is 0.323 e. The summed E-state index contributed by atoms with van der Waals surface area (Å²) < 4.78 is 0. The Hall–Kier alpha value is -1.96. The highest BCUT2D eigenvalue weighted by atomic mass is 16.4. The first-order chi connectivity index (χ1) is 7.41. The van der Waals surface area contributed by atoms with Gasteiger partial charge in [-0.25, -0.2) is 10.4 Å². The van der Waals surface area contributed by atoms with Gasteiger partial charge in [0.25, 0.3) is 0 Å². The van der Waals surface area contributed by atoms with E-state index in [1.165, 1.54) is 0 Å². The van der Waals surface area contributed by atoms with Crippen molar-refractivity contribution >= 4 is 23.8 Å². The fraction of sp³-hybridized carbons (Fsp3) is 0.500. The molecular weight excluding hydrogens is 220 g/mol. The van der Waals surface area contributed by atoms with Crippen molar-refractivity contribution in [1.29, 1.82) is 0 Å². The minimum Gasteiger partial charge on any atom is -0.481 e. The van der Waals surface area contributed by atoms with Gasteiger partial charge in [0.05, 0.1) is 6.42 Å². The number of rotatable bonds is 5. The second-order valence-electron chi connectivity index (χ2n) is 3.24. The molecule has 1 saturated heterocycles. The fourth-order valence-electron chi connectivity index (χ4n) is 1.24. The van der Waals surface area contributed by atoms with E-state index in [1.54, 1.807) is 0 Å². The van der Waals surface area contributed by atoms with Crippen LogP contribution in [0.25, 0.3) is 0 Å². The van der Waals surface area contributed by atoms with Crippen molar-refractivity contribution in [3.63, 3.8) is 0 Å². The zero-order chi connectivity index (χ0) is 12.3. The maximum Gasteiger partial charge on any atom is 0.323 e. The molecule has 1 heterocycles. The van der Waals surface area contributed by atoms with E-state index in [4.69, 9.17) is 10.2 Å². The molecule has 1 atom stereocenters. The summed E-state index contributed by atoms with van der Waals surface area (Å²) in [6.45, 7) is 0. The lowest BCUT2D eigenvalue weighted by atomic mass is 10.2. The van der Waals surface area contributed by atoms with E-state index >= 15 is 0 Å². The summed E-state index contributed by atoms with van der Waals surface area (Å²) in [5.41, 5.74) is 2.10. The van der Waals surface area contributed by atoms with Crippen LogP contribution in [0.3, 0.4) is 0 Å². The SMILES string of the molecule is O=C(O)C[C@H](NN1C(=O)CCC1=O)C(=O)O. The summed E-state index contributed by atoms with van der Waals surface area (Å²) in [5, 5.41) is 17.7. The van der Waals surface area contributed by atoms with Gasteiger partial charge in [-0.05, 0) is 0 Å². The van der Waals surface area contributed by atoms with Crippen LogP contribution >= 0.6 is 0 Å². The van der Waals surface area contributed by atoms with Crippen LogP contribution in [0.2, 0.25) is 0 Å². The molecule has 0 aliphatic carbocycles. The monoisotopic (exact) mass is 230 g/mol. The van der Waals surface area contributed by atoms with Crippen molar-refractivity contribution in [2.75, 3.05) is 0 Å². The lowest BCUT2D eigenvalue weighted by Gasteiger charge is -2.19. The summed E-state index contributed by atoms with van der Waals surface area (Å²) in [7, 11) is 0. The summed E-state index contributed by atoms with van der Waals surface area (Å²) in [4.78, 5) is 43.3. The molecule has 1 aliphatic rings. The largest absolute Gasteiger partial charge is 0.481 e. The van der Waals surface area contributed by atoms with Gasteiger partial charge in [-0.15, -0.1) is 0 Å². The van der Waals surface area contributed by atoms with Crippen LogP contribution in [-0.4, -0.2) is 45.0 Å². The van der Waals surface area contributed by atoms with E-state index < -0.39 is 36.2 Å². The Morgan fingerprint density at radius 1 is 1.25 bits per heavy atom. The maximum absolute atomic E-state index is 11.1.